The number of aliphatic imine (C=N–C) groups is 1. The van der Waals surface area contributed by atoms with Crippen molar-refractivity contribution in [1.29, 1.82) is 0 Å². The van der Waals surface area contributed by atoms with Gasteiger partial charge in [0.1, 0.15) is 0 Å². The highest BCUT2D eigenvalue weighted by molar-refractivity contribution is 6.12. The molecule has 0 saturated heterocycles. The quantitative estimate of drug-likeness (QED) is 0.624. The number of aryl methyl sites for hydroxylation is 1. The highest BCUT2D eigenvalue weighted by Crippen LogP contribution is 2.19. The van der Waals surface area contributed by atoms with E-state index in [2.05, 4.69) is 29.0 Å². The Morgan fingerprint density at radius 1 is 1.17 bits per heavy atom. The van der Waals surface area contributed by atoms with E-state index < -0.39 is 5.97 Å². The van der Waals surface area contributed by atoms with Gasteiger partial charge in [-0.05, 0) is 48.2 Å². The van der Waals surface area contributed by atoms with Gasteiger partial charge in [0.25, 0.3) is 0 Å². The molecular formula is C19H18N2O2. The van der Waals surface area contributed by atoms with Crippen LogP contribution in [0.2, 0.25) is 0 Å². The fourth-order valence-corrected chi connectivity index (χ4v) is 2.35. The number of esters is 1. The summed E-state index contributed by atoms with van der Waals surface area (Å²) in [4.78, 5) is 20.3. The minimum absolute atomic E-state index is 0.294. The Labute approximate surface area is 135 Å². The number of carbonyl (C=O) groups excluding carboxylic acids is 1. The normalized spacial score (nSPS) is 15.6. The van der Waals surface area contributed by atoms with E-state index in [0.29, 0.717) is 11.6 Å². The van der Waals surface area contributed by atoms with Crippen molar-refractivity contribution in [2.75, 3.05) is 0 Å². The highest BCUT2D eigenvalue weighted by atomic mass is 16.6. The molecule has 1 aliphatic heterocycles. The molecule has 0 N–H and O–H groups in total. The van der Waals surface area contributed by atoms with Crippen molar-refractivity contribution < 1.29 is 9.53 Å². The summed E-state index contributed by atoms with van der Waals surface area (Å²) in [5.41, 5.74) is 3.21. The lowest BCUT2D eigenvalue weighted by atomic mass is 10.1. The van der Waals surface area contributed by atoms with Crippen LogP contribution >= 0.6 is 0 Å². The number of benzene rings is 1. The van der Waals surface area contributed by atoms with E-state index >= 15 is 0 Å². The summed E-state index contributed by atoms with van der Waals surface area (Å²) < 4.78 is 5.28. The molecule has 4 nitrogen and oxygen atoms in total. The lowest BCUT2D eigenvalue weighted by Gasteiger charge is -2.02. The van der Waals surface area contributed by atoms with Crippen molar-refractivity contribution in [2.24, 2.45) is 4.99 Å². The van der Waals surface area contributed by atoms with Crippen molar-refractivity contribution in [3.05, 3.63) is 71.2 Å². The highest BCUT2D eigenvalue weighted by Gasteiger charge is 2.24. The van der Waals surface area contributed by atoms with Crippen LogP contribution < -0.4 is 0 Å². The Morgan fingerprint density at radius 3 is 2.70 bits per heavy atom. The van der Waals surface area contributed by atoms with E-state index in [1.807, 2.05) is 24.3 Å². The Bertz CT molecular complexity index is 747. The average Bonchev–Trinajstić information content (AvgIpc) is 2.95. The molecule has 0 amide bonds. The first kappa shape index (κ1) is 15.2. The summed E-state index contributed by atoms with van der Waals surface area (Å²) >= 11 is 0. The molecule has 0 aliphatic carbocycles. The lowest BCUT2D eigenvalue weighted by Crippen LogP contribution is -2.05. The minimum Gasteiger partial charge on any atom is -0.402 e. The van der Waals surface area contributed by atoms with E-state index in [1.54, 1.807) is 18.5 Å². The third kappa shape index (κ3) is 3.72. The zero-order valence-electron chi connectivity index (χ0n) is 13.0. The van der Waals surface area contributed by atoms with E-state index in [9.17, 15) is 4.79 Å². The molecule has 2 aromatic rings. The second kappa shape index (κ2) is 7.01. The molecular weight excluding hydrogens is 288 g/mol. The number of unbranched alkanes of at least 4 members (excludes halogenated alkanes) is 1. The second-order valence-corrected chi connectivity index (χ2v) is 5.42. The fraction of sp³-hybridized carbons (Fsp3) is 0.211. The molecule has 4 heteroatoms. The SMILES string of the molecule is CCCCc1ccc(C2=N/C(=C\c3cccnc3)C(=O)O2)cc1. The monoisotopic (exact) mass is 306 g/mol. The van der Waals surface area contributed by atoms with E-state index in [1.165, 1.54) is 18.4 Å². The Hall–Kier alpha value is -2.75. The first-order valence-electron chi connectivity index (χ1n) is 7.78. The number of ether oxygens (including phenoxy) is 1. The average molecular weight is 306 g/mol. The minimum atomic E-state index is -0.432. The molecule has 0 bridgehead atoms. The number of hydrogen-bond acceptors (Lipinski definition) is 4. The van der Waals surface area contributed by atoms with Gasteiger partial charge in [-0.25, -0.2) is 9.79 Å². The maximum Gasteiger partial charge on any atom is 0.363 e. The summed E-state index contributed by atoms with van der Waals surface area (Å²) in [5.74, 6) is -0.0777. The molecule has 0 radical (unpaired) electrons. The standard InChI is InChI=1S/C19H18N2O2/c1-2-3-5-14-7-9-16(10-8-14)18-21-17(19(22)23-18)12-15-6-4-11-20-13-15/h4,6-13H,2-3,5H2,1H3/b17-12-. The van der Waals surface area contributed by atoms with Crippen molar-refractivity contribution >= 4 is 17.9 Å². The van der Waals surface area contributed by atoms with Gasteiger partial charge in [0.05, 0.1) is 0 Å². The predicted octanol–water partition coefficient (Wildman–Crippen LogP) is 3.77. The van der Waals surface area contributed by atoms with Crippen molar-refractivity contribution in [2.45, 2.75) is 26.2 Å². The number of rotatable bonds is 5. The summed E-state index contributed by atoms with van der Waals surface area (Å²) in [6.45, 7) is 2.18. The number of hydrogen-bond donors (Lipinski definition) is 0. The van der Waals surface area contributed by atoms with Crippen molar-refractivity contribution in [3.63, 3.8) is 0 Å². The largest absolute Gasteiger partial charge is 0.402 e. The van der Waals surface area contributed by atoms with E-state index in [0.717, 1.165) is 17.5 Å². The van der Waals surface area contributed by atoms with Gasteiger partial charge in [0.15, 0.2) is 5.70 Å². The molecule has 3 rings (SSSR count). The van der Waals surface area contributed by atoms with Gasteiger partial charge in [0.2, 0.25) is 5.90 Å². The number of nitrogens with zero attached hydrogens (tertiary/aromatic N) is 2. The molecule has 0 atom stereocenters. The van der Waals surface area contributed by atoms with Crippen molar-refractivity contribution in [1.82, 2.24) is 4.98 Å². The maximum absolute atomic E-state index is 11.9. The van der Waals surface area contributed by atoms with Gasteiger partial charge in [-0.15, -0.1) is 0 Å². The molecule has 1 aromatic carbocycles. The molecule has 1 aliphatic rings. The van der Waals surface area contributed by atoms with Crippen LogP contribution in [0, 0.1) is 0 Å². The van der Waals surface area contributed by atoms with Crippen LogP contribution in [0.25, 0.3) is 6.08 Å². The second-order valence-electron chi connectivity index (χ2n) is 5.42. The predicted molar refractivity (Wildman–Crippen MR) is 89.9 cm³/mol. The molecule has 116 valence electrons. The van der Waals surface area contributed by atoms with Crippen LogP contribution in [-0.2, 0) is 16.0 Å². The topological polar surface area (TPSA) is 51.5 Å². The van der Waals surface area contributed by atoms with Crippen LogP contribution in [0.5, 0.6) is 0 Å². The smallest absolute Gasteiger partial charge is 0.363 e. The lowest BCUT2D eigenvalue weighted by molar-refractivity contribution is -0.129. The van der Waals surface area contributed by atoms with Crippen LogP contribution in [0.3, 0.4) is 0 Å². The molecule has 0 spiro atoms. The van der Waals surface area contributed by atoms with Crippen LogP contribution in [0.4, 0.5) is 0 Å². The van der Waals surface area contributed by atoms with Gasteiger partial charge >= 0.3 is 5.97 Å². The first-order chi connectivity index (χ1) is 11.3. The van der Waals surface area contributed by atoms with Gasteiger partial charge < -0.3 is 4.74 Å². The molecule has 0 unspecified atom stereocenters. The number of pyridine rings is 1. The summed E-state index contributed by atoms with van der Waals surface area (Å²) in [7, 11) is 0. The number of cyclic esters (lactones) is 1. The van der Waals surface area contributed by atoms with Crippen molar-refractivity contribution in [3.8, 4) is 0 Å². The maximum atomic E-state index is 11.9. The zero-order chi connectivity index (χ0) is 16.1. The van der Waals surface area contributed by atoms with Gasteiger partial charge in [0, 0.05) is 18.0 Å². The summed E-state index contributed by atoms with van der Waals surface area (Å²) in [6.07, 6.45) is 8.45. The fourth-order valence-electron chi connectivity index (χ4n) is 2.35. The van der Waals surface area contributed by atoms with Crippen LogP contribution in [0.1, 0.15) is 36.5 Å². The molecule has 23 heavy (non-hydrogen) atoms. The third-order valence-electron chi connectivity index (χ3n) is 3.63. The van der Waals surface area contributed by atoms with Gasteiger partial charge in [-0.2, -0.15) is 0 Å². The molecule has 2 heterocycles. The van der Waals surface area contributed by atoms with Gasteiger partial charge in [-0.1, -0.05) is 31.5 Å². The molecule has 0 saturated carbocycles. The van der Waals surface area contributed by atoms with Crippen LogP contribution in [-0.4, -0.2) is 16.9 Å². The van der Waals surface area contributed by atoms with Gasteiger partial charge in [-0.3, -0.25) is 4.98 Å². The zero-order valence-corrected chi connectivity index (χ0v) is 13.0. The molecule has 0 fully saturated rings. The van der Waals surface area contributed by atoms with E-state index in [4.69, 9.17) is 4.74 Å². The summed E-state index contributed by atoms with van der Waals surface area (Å²) in [6, 6.07) is 11.7. The summed E-state index contributed by atoms with van der Waals surface area (Å²) in [5, 5.41) is 0. The Balaban J connectivity index is 1.80. The Morgan fingerprint density at radius 2 is 2.00 bits per heavy atom. The third-order valence-corrected chi connectivity index (χ3v) is 3.63. The molecule has 1 aromatic heterocycles. The van der Waals surface area contributed by atoms with Crippen LogP contribution in [0.15, 0.2) is 59.5 Å². The number of aromatic nitrogens is 1. The first-order valence-corrected chi connectivity index (χ1v) is 7.78. The Kier molecular flexibility index (Phi) is 4.62. The van der Waals surface area contributed by atoms with E-state index in [-0.39, 0.29) is 0 Å². The number of carbonyl (C=O) groups is 1.